The molecule has 0 bridgehead atoms. The smallest absolute Gasteiger partial charge is 0.0544 e. The summed E-state index contributed by atoms with van der Waals surface area (Å²) in [5.74, 6) is 1.53. The second-order valence-electron chi connectivity index (χ2n) is 9.15. The van der Waals surface area contributed by atoms with Gasteiger partial charge in [0, 0.05) is 12.6 Å². The third kappa shape index (κ3) is 3.60. The summed E-state index contributed by atoms with van der Waals surface area (Å²) in [6.45, 7) is 7.29. The molecule has 2 unspecified atom stereocenters. The molecule has 0 amide bonds. The summed E-state index contributed by atoms with van der Waals surface area (Å²) in [6, 6.07) is 0.524. The number of hydrogen-bond acceptors (Lipinski definition) is 3. The minimum Gasteiger partial charge on any atom is -0.396 e. The van der Waals surface area contributed by atoms with Gasteiger partial charge >= 0.3 is 0 Å². The number of quaternary nitrogens is 1. The SMILES string of the molecule is C/C=C1\CCC2[C@@H](NC)C([C@@]3(C)CC[C@H](O)C[C@@H]3CO)CC[C@@]12C.Cl.[NH4+]. The van der Waals surface area contributed by atoms with Crippen LogP contribution in [-0.2, 0) is 0 Å². The molecule has 0 saturated heterocycles. The van der Waals surface area contributed by atoms with E-state index in [9.17, 15) is 10.2 Å². The standard InChI is InChI=1S/C21H37NO2.ClH.H3N/c1-5-14-6-7-17-19(22-4)18(9-11-20(14,17)2)21(3)10-8-16(24)12-15(21)13-23;;/h5,15-19,22-24H,6-13H2,1-4H3;1H;1H3/p+1/b14-5+;;/t15-,16+,17?,18?,19-,20+,21+;;/m1../s1. The second-order valence-corrected chi connectivity index (χ2v) is 9.15. The lowest BCUT2D eigenvalue weighted by atomic mass is 9.51. The average Bonchev–Trinajstić information content (AvgIpc) is 2.92. The fourth-order valence-electron chi connectivity index (χ4n) is 6.78. The highest BCUT2D eigenvalue weighted by molar-refractivity contribution is 5.85. The van der Waals surface area contributed by atoms with E-state index in [4.69, 9.17) is 0 Å². The maximum atomic E-state index is 10.1. The molecule has 0 spiro atoms. The first-order valence-corrected chi connectivity index (χ1v) is 10.0. The van der Waals surface area contributed by atoms with Crippen LogP contribution < -0.4 is 11.5 Å². The van der Waals surface area contributed by atoms with Crippen molar-refractivity contribution in [1.82, 2.24) is 11.5 Å². The zero-order chi connectivity index (χ0) is 17.5. The van der Waals surface area contributed by atoms with E-state index >= 15 is 0 Å². The van der Waals surface area contributed by atoms with E-state index in [0.29, 0.717) is 23.3 Å². The highest BCUT2D eigenvalue weighted by atomic mass is 35.5. The van der Waals surface area contributed by atoms with Crippen LogP contribution in [-0.4, -0.2) is 36.0 Å². The molecule has 3 saturated carbocycles. The summed E-state index contributed by atoms with van der Waals surface area (Å²) in [4.78, 5) is 0. The van der Waals surface area contributed by atoms with E-state index in [1.807, 2.05) is 0 Å². The summed E-state index contributed by atoms with van der Waals surface area (Å²) < 4.78 is 0. The van der Waals surface area contributed by atoms with Crippen LogP contribution in [0.5, 0.6) is 0 Å². The van der Waals surface area contributed by atoms with Crippen LogP contribution in [0.25, 0.3) is 0 Å². The summed E-state index contributed by atoms with van der Waals surface area (Å²) in [6.07, 6.45) is 9.89. The third-order valence-corrected chi connectivity index (χ3v) is 8.37. The normalized spacial score (nSPS) is 47.0. The molecule has 5 heteroatoms. The van der Waals surface area contributed by atoms with Gasteiger partial charge in [0.2, 0.25) is 0 Å². The van der Waals surface area contributed by atoms with Gasteiger partial charge in [0.25, 0.3) is 0 Å². The first-order chi connectivity index (χ1) is 11.4. The topological polar surface area (TPSA) is 89.0 Å². The van der Waals surface area contributed by atoms with Crippen molar-refractivity contribution in [2.24, 2.45) is 28.6 Å². The Morgan fingerprint density at radius 2 is 1.85 bits per heavy atom. The van der Waals surface area contributed by atoms with Crippen molar-refractivity contribution < 1.29 is 10.2 Å². The van der Waals surface area contributed by atoms with Gasteiger partial charge in [-0.1, -0.05) is 25.5 Å². The van der Waals surface area contributed by atoms with Gasteiger partial charge in [-0.15, -0.1) is 12.4 Å². The van der Waals surface area contributed by atoms with E-state index in [2.05, 4.69) is 39.2 Å². The van der Waals surface area contributed by atoms with Crippen LogP contribution in [0.15, 0.2) is 11.6 Å². The van der Waals surface area contributed by atoms with Crippen molar-refractivity contribution in [1.29, 1.82) is 0 Å². The van der Waals surface area contributed by atoms with Crippen LogP contribution in [0, 0.1) is 28.6 Å². The molecule has 0 aromatic rings. The van der Waals surface area contributed by atoms with Gasteiger partial charge in [-0.25, -0.2) is 0 Å². The van der Waals surface area contributed by atoms with Crippen molar-refractivity contribution >= 4 is 12.4 Å². The summed E-state index contributed by atoms with van der Waals surface area (Å²) in [5.41, 5.74) is 2.16. The Kier molecular flexibility index (Phi) is 8.20. The molecule has 0 radical (unpaired) electrons. The molecule has 26 heavy (non-hydrogen) atoms. The van der Waals surface area contributed by atoms with E-state index in [1.165, 1.54) is 25.7 Å². The Balaban J connectivity index is 0.00000169. The molecule has 0 aromatic heterocycles. The van der Waals surface area contributed by atoms with Gasteiger partial charge in [0.15, 0.2) is 0 Å². The zero-order valence-electron chi connectivity index (χ0n) is 17.4. The minimum absolute atomic E-state index is 0. The first-order valence-electron chi connectivity index (χ1n) is 10.0. The van der Waals surface area contributed by atoms with Crippen LogP contribution in [0.4, 0.5) is 0 Å². The summed E-state index contributed by atoms with van der Waals surface area (Å²) in [5, 5.41) is 23.8. The molecular weight excluding hydrogens is 348 g/mol. The van der Waals surface area contributed by atoms with E-state index in [1.54, 1.807) is 5.57 Å². The lowest BCUT2D eigenvalue weighted by molar-refractivity contribution is -0.0797. The Labute approximate surface area is 166 Å². The number of fused-ring (bicyclic) bond motifs is 1. The molecule has 7 N–H and O–H groups in total. The largest absolute Gasteiger partial charge is 0.396 e. The Bertz CT molecular complexity index is 500. The Hall–Kier alpha value is -0.130. The number of nitrogens with one attached hydrogen (secondary N) is 1. The van der Waals surface area contributed by atoms with Gasteiger partial charge in [0.1, 0.15) is 0 Å². The van der Waals surface area contributed by atoms with E-state index in [0.717, 1.165) is 19.3 Å². The maximum Gasteiger partial charge on any atom is 0.0544 e. The molecule has 4 nitrogen and oxygen atoms in total. The van der Waals surface area contributed by atoms with Crippen LogP contribution in [0.1, 0.15) is 65.7 Å². The zero-order valence-corrected chi connectivity index (χ0v) is 18.2. The number of halogens is 1. The van der Waals surface area contributed by atoms with Crippen molar-refractivity contribution in [3.8, 4) is 0 Å². The van der Waals surface area contributed by atoms with Gasteiger partial charge < -0.3 is 21.7 Å². The van der Waals surface area contributed by atoms with Gasteiger partial charge in [-0.2, -0.15) is 0 Å². The van der Waals surface area contributed by atoms with Crippen LogP contribution in [0.2, 0.25) is 0 Å². The summed E-state index contributed by atoms with van der Waals surface area (Å²) in [7, 11) is 2.13. The molecule has 3 aliphatic rings. The number of hydrogen-bond donors (Lipinski definition) is 4. The fourth-order valence-corrected chi connectivity index (χ4v) is 6.78. The molecular formula is C21H42ClN2O2+. The predicted molar refractivity (Wildman–Crippen MR) is 112 cm³/mol. The molecule has 154 valence electrons. The summed E-state index contributed by atoms with van der Waals surface area (Å²) >= 11 is 0. The lowest BCUT2D eigenvalue weighted by Gasteiger charge is -2.56. The van der Waals surface area contributed by atoms with Crippen molar-refractivity contribution in [2.45, 2.75) is 77.9 Å². The molecule has 3 rings (SSSR count). The molecule has 3 aliphatic carbocycles. The van der Waals surface area contributed by atoms with Crippen molar-refractivity contribution in [3.63, 3.8) is 0 Å². The molecule has 0 heterocycles. The van der Waals surface area contributed by atoms with Crippen molar-refractivity contribution in [2.75, 3.05) is 13.7 Å². The Morgan fingerprint density at radius 3 is 2.42 bits per heavy atom. The van der Waals surface area contributed by atoms with Crippen LogP contribution in [0.3, 0.4) is 0 Å². The highest BCUT2D eigenvalue weighted by Gasteiger charge is 2.56. The monoisotopic (exact) mass is 389 g/mol. The molecule has 0 aromatic carbocycles. The average molecular weight is 390 g/mol. The Morgan fingerprint density at radius 1 is 1.15 bits per heavy atom. The molecule has 3 fully saturated rings. The molecule has 7 atom stereocenters. The van der Waals surface area contributed by atoms with Crippen LogP contribution >= 0.6 is 12.4 Å². The third-order valence-electron chi connectivity index (χ3n) is 8.37. The molecule has 0 aliphatic heterocycles. The lowest BCUT2D eigenvalue weighted by Crippen LogP contribution is -2.57. The van der Waals surface area contributed by atoms with Gasteiger partial charge in [-0.3, -0.25) is 0 Å². The van der Waals surface area contributed by atoms with Crippen molar-refractivity contribution in [3.05, 3.63) is 11.6 Å². The number of rotatable bonds is 3. The number of aliphatic hydroxyl groups excluding tert-OH is 2. The quantitative estimate of drug-likeness (QED) is 0.542. The van der Waals surface area contributed by atoms with E-state index in [-0.39, 0.29) is 42.6 Å². The fraction of sp³-hybridized carbons (Fsp3) is 0.905. The van der Waals surface area contributed by atoms with Gasteiger partial charge in [-0.05, 0) is 87.5 Å². The highest BCUT2D eigenvalue weighted by Crippen LogP contribution is 2.61. The number of aliphatic hydroxyl groups is 2. The maximum absolute atomic E-state index is 10.1. The second kappa shape index (κ2) is 8.91. The minimum atomic E-state index is -0.224. The number of allylic oxidation sites excluding steroid dienone is 2. The van der Waals surface area contributed by atoms with Gasteiger partial charge in [0.05, 0.1) is 6.10 Å². The predicted octanol–water partition coefficient (Wildman–Crippen LogP) is 4.30. The van der Waals surface area contributed by atoms with E-state index < -0.39 is 0 Å². The first kappa shape index (κ1) is 23.9.